The number of ether oxygens (including phenoxy) is 2. The van der Waals surface area contributed by atoms with Crippen molar-refractivity contribution in [2.24, 2.45) is 5.73 Å². The van der Waals surface area contributed by atoms with Crippen LogP contribution in [-0.4, -0.2) is 49.3 Å². The minimum Gasteiger partial charge on any atom is -0.462 e. The van der Waals surface area contributed by atoms with Crippen molar-refractivity contribution in [3.8, 4) is 0 Å². The molecule has 554 valence electrons. The average molecular weight is 1350 g/mol. The van der Waals surface area contributed by atoms with E-state index in [9.17, 15) is 19.0 Å². The van der Waals surface area contributed by atoms with Crippen LogP contribution in [-0.2, 0) is 32.7 Å². The van der Waals surface area contributed by atoms with Crippen molar-refractivity contribution >= 4 is 19.8 Å². The van der Waals surface area contributed by atoms with E-state index in [1.54, 1.807) is 0 Å². The van der Waals surface area contributed by atoms with Crippen LogP contribution in [0.1, 0.15) is 412 Å². The summed E-state index contributed by atoms with van der Waals surface area (Å²) in [4.78, 5) is 35.5. The second-order valence-electron chi connectivity index (χ2n) is 27.6. The van der Waals surface area contributed by atoms with Gasteiger partial charge in [0.05, 0.1) is 13.2 Å². The highest BCUT2D eigenvalue weighted by Gasteiger charge is 2.26. The SMILES string of the molecule is CC/C=C\C/C=C\C/C=C\C/C=C\C/C=C\C/C=C\CCCCCCCCCCCCCCCCC(=O)OC(COC(=O)CCCCCCCCCCCCCCCCCCCCCCCCCCCCCCC/C=C\CCCCCCCCCC)COP(=O)(O)OCCN. The number of phosphoric acid groups is 1. The molecule has 0 aliphatic heterocycles. The van der Waals surface area contributed by atoms with Crippen LogP contribution in [0.4, 0.5) is 0 Å². The Kier molecular flexibility index (Phi) is 77.8. The third kappa shape index (κ3) is 80.1. The first-order valence-corrected chi connectivity index (χ1v) is 42.6. The Morgan fingerprint density at radius 1 is 0.326 bits per heavy atom. The third-order valence-corrected chi connectivity index (χ3v) is 19.2. The molecule has 95 heavy (non-hydrogen) atoms. The standard InChI is InChI=1S/C85H156NO8P/c1-3-5-7-9-11-13-15-17-19-21-23-25-27-29-31-33-35-37-38-39-40-41-42-43-44-46-47-49-51-53-55-57-59-61-63-65-67-69-71-73-75-77-84(87)91-81-83(82-93-95(89,90)92-80-79-86)94-85(88)78-76-74-72-70-68-66-64-62-60-58-56-54-52-50-48-45-36-34-32-30-28-26-24-22-20-18-16-14-12-10-8-6-4-2/h6,8,12,14,18,20-21,23-24,26,30,32,36,45,83H,3-5,7,9-11,13,15-17,19,22,25,27-29,31,33-35,37-44,46-82,86H2,1-2H3,(H,89,90)/b8-6-,14-12-,20-18-,23-21-,26-24-,32-30-,45-36-. The summed E-state index contributed by atoms with van der Waals surface area (Å²) < 4.78 is 33.3. The van der Waals surface area contributed by atoms with Crippen LogP contribution in [0.3, 0.4) is 0 Å². The van der Waals surface area contributed by atoms with Gasteiger partial charge in [0.15, 0.2) is 6.10 Å². The van der Waals surface area contributed by atoms with Gasteiger partial charge in [0, 0.05) is 19.4 Å². The molecule has 0 aliphatic rings. The Bertz CT molecular complexity index is 1840. The fraction of sp³-hybridized carbons (Fsp3) is 0.812. The lowest BCUT2D eigenvalue weighted by Gasteiger charge is -2.19. The monoisotopic (exact) mass is 1350 g/mol. The van der Waals surface area contributed by atoms with Crippen LogP contribution in [0, 0.1) is 0 Å². The minimum absolute atomic E-state index is 0.0529. The van der Waals surface area contributed by atoms with Gasteiger partial charge in [0.25, 0.3) is 0 Å². The van der Waals surface area contributed by atoms with Gasteiger partial charge in [0.2, 0.25) is 0 Å². The summed E-state index contributed by atoms with van der Waals surface area (Å²) in [6, 6.07) is 0. The van der Waals surface area contributed by atoms with Crippen LogP contribution < -0.4 is 5.73 Å². The van der Waals surface area contributed by atoms with Crippen molar-refractivity contribution in [1.29, 1.82) is 0 Å². The molecule has 0 amide bonds. The van der Waals surface area contributed by atoms with E-state index in [0.717, 1.165) is 77.0 Å². The molecule has 2 atom stereocenters. The zero-order valence-electron chi connectivity index (χ0n) is 62.7. The summed E-state index contributed by atoms with van der Waals surface area (Å²) >= 11 is 0. The molecule has 3 N–H and O–H groups in total. The molecule has 0 spiro atoms. The van der Waals surface area contributed by atoms with E-state index in [4.69, 9.17) is 24.3 Å². The number of phosphoric ester groups is 1. The highest BCUT2D eigenvalue weighted by molar-refractivity contribution is 7.47. The number of carbonyl (C=O) groups is 2. The van der Waals surface area contributed by atoms with Gasteiger partial charge in [-0.1, -0.05) is 394 Å². The van der Waals surface area contributed by atoms with E-state index < -0.39 is 26.5 Å². The minimum atomic E-state index is -4.40. The van der Waals surface area contributed by atoms with Crippen molar-refractivity contribution in [2.75, 3.05) is 26.4 Å². The van der Waals surface area contributed by atoms with E-state index in [-0.39, 0.29) is 38.6 Å². The third-order valence-electron chi connectivity index (χ3n) is 18.3. The number of hydrogen-bond donors (Lipinski definition) is 2. The molecule has 10 heteroatoms. The zero-order valence-corrected chi connectivity index (χ0v) is 63.6. The van der Waals surface area contributed by atoms with Gasteiger partial charge in [0.1, 0.15) is 6.61 Å². The van der Waals surface area contributed by atoms with Gasteiger partial charge in [-0.15, -0.1) is 0 Å². The number of nitrogens with two attached hydrogens (primary N) is 1. The van der Waals surface area contributed by atoms with Gasteiger partial charge < -0.3 is 20.1 Å². The predicted octanol–water partition coefficient (Wildman–Crippen LogP) is 27.7. The van der Waals surface area contributed by atoms with Crippen molar-refractivity contribution in [2.45, 2.75) is 418 Å². The van der Waals surface area contributed by atoms with E-state index in [1.807, 2.05) is 0 Å². The fourth-order valence-corrected chi connectivity index (χ4v) is 13.0. The van der Waals surface area contributed by atoms with E-state index in [0.29, 0.717) is 6.42 Å². The smallest absolute Gasteiger partial charge is 0.462 e. The number of unbranched alkanes of at least 4 members (excludes halogenated alkanes) is 51. The van der Waals surface area contributed by atoms with Gasteiger partial charge in [-0.2, -0.15) is 0 Å². The fourth-order valence-electron chi connectivity index (χ4n) is 12.2. The summed E-state index contributed by atoms with van der Waals surface area (Å²) in [5.41, 5.74) is 5.42. The van der Waals surface area contributed by atoms with Crippen LogP contribution in [0.25, 0.3) is 0 Å². The zero-order chi connectivity index (χ0) is 68.6. The second-order valence-corrected chi connectivity index (χ2v) is 29.1. The lowest BCUT2D eigenvalue weighted by Crippen LogP contribution is -2.29. The Balaban J connectivity index is 3.76. The molecule has 0 bridgehead atoms. The largest absolute Gasteiger partial charge is 0.472 e. The first-order valence-electron chi connectivity index (χ1n) is 41.1. The molecule has 0 radical (unpaired) electrons. The molecule has 0 saturated carbocycles. The average Bonchev–Trinajstić information content (AvgIpc) is 3.25. The maximum Gasteiger partial charge on any atom is 0.472 e. The molecule has 0 rings (SSSR count). The van der Waals surface area contributed by atoms with Crippen molar-refractivity contribution in [3.05, 3.63) is 85.1 Å². The van der Waals surface area contributed by atoms with Crippen LogP contribution >= 0.6 is 7.82 Å². The summed E-state index contributed by atoms with van der Waals surface area (Å²) in [6.45, 7) is 3.69. The van der Waals surface area contributed by atoms with E-state index >= 15 is 0 Å². The molecule has 0 fully saturated rings. The molecule has 0 saturated heterocycles. The number of esters is 2. The summed E-state index contributed by atoms with van der Waals surface area (Å²) in [6.07, 6.45) is 109. The van der Waals surface area contributed by atoms with E-state index in [2.05, 4.69) is 98.9 Å². The number of carbonyl (C=O) groups excluding carboxylic acids is 2. The highest BCUT2D eigenvalue weighted by Crippen LogP contribution is 2.43. The number of allylic oxidation sites excluding steroid dienone is 14. The highest BCUT2D eigenvalue weighted by atomic mass is 31.2. The second kappa shape index (κ2) is 80.2. The first kappa shape index (κ1) is 92.2. The normalized spacial score (nSPS) is 13.3. The van der Waals surface area contributed by atoms with E-state index in [1.165, 1.54) is 302 Å². The van der Waals surface area contributed by atoms with Gasteiger partial charge >= 0.3 is 19.8 Å². The number of rotatable bonds is 78. The van der Waals surface area contributed by atoms with Crippen molar-refractivity contribution < 1.29 is 37.6 Å². The quantitative estimate of drug-likeness (QED) is 0.0264. The molecule has 0 heterocycles. The Labute approximate surface area is 589 Å². The summed E-state index contributed by atoms with van der Waals surface area (Å²) in [5, 5.41) is 0. The van der Waals surface area contributed by atoms with Gasteiger partial charge in [-0.05, 0) is 89.9 Å². The predicted molar refractivity (Wildman–Crippen MR) is 413 cm³/mol. The van der Waals surface area contributed by atoms with Crippen molar-refractivity contribution in [3.63, 3.8) is 0 Å². The molecule has 2 unspecified atom stereocenters. The molecular weight excluding hydrogens is 1190 g/mol. The molecule has 9 nitrogen and oxygen atoms in total. The Hall–Kier alpha value is -2.81. The van der Waals surface area contributed by atoms with Crippen LogP contribution in [0.5, 0.6) is 0 Å². The first-order chi connectivity index (χ1) is 46.8. The lowest BCUT2D eigenvalue weighted by atomic mass is 10.0. The molecule has 0 aliphatic carbocycles. The van der Waals surface area contributed by atoms with Crippen LogP contribution in [0.2, 0.25) is 0 Å². The van der Waals surface area contributed by atoms with Crippen molar-refractivity contribution in [1.82, 2.24) is 0 Å². The maximum absolute atomic E-state index is 12.8. The lowest BCUT2D eigenvalue weighted by molar-refractivity contribution is -0.161. The molecule has 0 aromatic rings. The Morgan fingerprint density at radius 2 is 0.579 bits per heavy atom. The van der Waals surface area contributed by atoms with Gasteiger partial charge in [-0.25, -0.2) is 4.57 Å². The van der Waals surface area contributed by atoms with Crippen LogP contribution in [0.15, 0.2) is 85.1 Å². The Morgan fingerprint density at radius 3 is 0.874 bits per heavy atom. The summed E-state index contributed by atoms with van der Waals surface area (Å²) in [5.74, 6) is -0.811. The summed E-state index contributed by atoms with van der Waals surface area (Å²) in [7, 11) is -4.40. The molecular formula is C85H156NO8P. The number of hydrogen-bond acceptors (Lipinski definition) is 8. The molecule has 0 aromatic carbocycles. The maximum atomic E-state index is 12.8. The topological polar surface area (TPSA) is 134 Å². The van der Waals surface area contributed by atoms with Gasteiger partial charge in [-0.3, -0.25) is 18.6 Å². The molecule has 0 aromatic heterocycles.